The number of rotatable bonds is 13. The van der Waals surface area contributed by atoms with Crippen molar-refractivity contribution in [3.8, 4) is 0 Å². The Bertz CT molecular complexity index is 1290. The Morgan fingerprint density at radius 2 is 1.54 bits per heavy atom. The third kappa shape index (κ3) is 8.14. The number of nitrogens with zero attached hydrogens (tertiary/aromatic N) is 2. The summed E-state index contributed by atoms with van der Waals surface area (Å²) in [6.45, 7) is 8.88. The predicted octanol–water partition coefficient (Wildman–Crippen LogP) is 5.08. The molecule has 1 unspecified atom stereocenters. The minimum absolute atomic E-state index is 0.169. The first-order valence-corrected chi connectivity index (χ1v) is 13.1. The summed E-state index contributed by atoms with van der Waals surface area (Å²) in [5.41, 5.74) is 9.07. The smallest absolute Gasteiger partial charge is 0.240 e. The van der Waals surface area contributed by atoms with Crippen molar-refractivity contribution < 1.29 is 9.53 Å². The first kappa shape index (κ1) is 27.8. The molecule has 7 heteroatoms. The van der Waals surface area contributed by atoms with E-state index in [1.807, 2.05) is 48.7 Å². The van der Waals surface area contributed by atoms with Crippen molar-refractivity contribution in [1.29, 1.82) is 0 Å². The maximum atomic E-state index is 12.7. The fourth-order valence-electron chi connectivity index (χ4n) is 4.20. The number of benzene rings is 3. The van der Waals surface area contributed by atoms with Crippen molar-refractivity contribution in [1.82, 2.24) is 14.9 Å². The number of imidazole rings is 1. The van der Waals surface area contributed by atoms with Crippen molar-refractivity contribution in [2.24, 2.45) is 5.73 Å². The molecule has 0 aliphatic heterocycles. The van der Waals surface area contributed by atoms with Gasteiger partial charge in [0, 0.05) is 24.4 Å². The van der Waals surface area contributed by atoms with Crippen molar-refractivity contribution in [2.45, 2.75) is 44.5 Å². The first-order chi connectivity index (χ1) is 18.8. The van der Waals surface area contributed by atoms with Crippen LogP contribution in [0.4, 0.5) is 5.82 Å². The van der Waals surface area contributed by atoms with Crippen LogP contribution in [-0.4, -0.2) is 33.6 Å². The molecule has 1 amide bonds. The van der Waals surface area contributed by atoms with Crippen LogP contribution in [0.1, 0.15) is 36.5 Å². The molecule has 0 bridgehead atoms. The van der Waals surface area contributed by atoms with Crippen LogP contribution in [-0.2, 0) is 22.7 Å². The normalized spacial score (nSPS) is 12.2. The van der Waals surface area contributed by atoms with Crippen LogP contribution >= 0.6 is 0 Å². The van der Waals surface area contributed by atoms with Crippen LogP contribution in [0.15, 0.2) is 116 Å². The van der Waals surface area contributed by atoms with Gasteiger partial charge in [0.25, 0.3) is 0 Å². The average molecular weight is 524 g/mol. The zero-order chi connectivity index (χ0) is 27.7. The first-order valence-electron chi connectivity index (χ1n) is 13.1. The second-order valence-corrected chi connectivity index (χ2v) is 10.2. The quantitative estimate of drug-likeness (QED) is 0.227. The van der Waals surface area contributed by atoms with E-state index in [1.165, 1.54) is 11.1 Å². The number of carbonyl (C=O) groups is 1. The Kier molecular flexibility index (Phi) is 9.31. The lowest BCUT2D eigenvalue weighted by Crippen LogP contribution is -2.54. The molecule has 7 nitrogen and oxygen atoms in total. The summed E-state index contributed by atoms with van der Waals surface area (Å²) in [6.07, 6.45) is 3.75. The Balaban J connectivity index is 1.44. The number of amides is 1. The maximum absolute atomic E-state index is 12.7. The molecule has 202 valence electrons. The fraction of sp³-hybridized carbons (Fsp3) is 0.250. The summed E-state index contributed by atoms with van der Waals surface area (Å²) in [6, 6.07) is 30.3. The summed E-state index contributed by atoms with van der Waals surface area (Å²) in [4.78, 5) is 17.2. The van der Waals surface area contributed by atoms with Crippen LogP contribution in [0.2, 0.25) is 0 Å². The largest absolute Gasteiger partial charge is 0.374 e. The molecule has 0 saturated heterocycles. The van der Waals surface area contributed by atoms with E-state index in [0.717, 1.165) is 12.1 Å². The van der Waals surface area contributed by atoms with Gasteiger partial charge in [-0.05, 0) is 30.5 Å². The number of nitrogens with two attached hydrogens (primary N) is 1. The monoisotopic (exact) mass is 523 g/mol. The molecule has 1 heterocycles. The number of nitrogens with one attached hydrogen (secondary N) is 2. The second-order valence-electron chi connectivity index (χ2n) is 10.2. The SMILES string of the molecule is C=C(Nc1cn(CC(c2ccccc2)c2ccccc2)cn1)C(COCc1ccccc1)NC(=O)C(C)(C)N. The molecule has 4 rings (SSSR count). The van der Waals surface area contributed by atoms with Gasteiger partial charge in [-0.2, -0.15) is 0 Å². The molecule has 39 heavy (non-hydrogen) atoms. The van der Waals surface area contributed by atoms with Gasteiger partial charge in [-0.15, -0.1) is 0 Å². The number of ether oxygens (including phenoxy) is 1. The molecule has 0 aliphatic carbocycles. The highest BCUT2D eigenvalue weighted by atomic mass is 16.5. The van der Waals surface area contributed by atoms with Gasteiger partial charge < -0.3 is 25.7 Å². The van der Waals surface area contributed by atoms with Crippen molar-refractivity contribution in [2.75, 3.05) is 11.9 Å². The zero-order valence-electron chi connectivity index (χ0n) is 22.6. The number of carbonyl (C=O) groups excluding carboxylic acids is 1. The van der Waals surface area contributed by atoms with E-state index < -0.39 is 11.6 Å². The van der Waals surface area contributed by atoms with Gasteiger partial charge in [0.1, 0.15) is 5.82 Å². The van der Waals surface area contributed by atoms with E-state index in [4.69, 9.17) is 10.5 Å². The van der Waals surface area contributed by atoms with Gasteiger partial charge in [-0.3, -0.25) is 4.79 Å². The van der Waals surface area contributed by atoms with Crippen LogP contribution in [0.5, 0.6) is 0 Å². The van der Waals surface area contributed by atoms with E-state index in [2.05, 4.69) is 75.3 Å². The van der Waals surface area contributed by atoms with Crippen LogP contribution in [0, 0.1) is 0 Å². The van der Waals surface area contributed by atoms with Crippen molar-refractivity contribution in [3.05, 3.63) is 132 Å². The summed E-state index contributed by atoms with van der Waals surface area (Å²) < 4.78 is 7.99. The van der Waals surface area contributed by atoms with Gasteiger partial charge in [0.05, 0.1) is 31.1 Å². The molecule has 4 N–H and O–H groups in total. The van der Waals surface area contributed by atoms with Gasteiger partial charge in [0.2, 0.25) is 5.91 Å². The molecule has 4 aromatic rings. The Hall–Kier alpha value is -4.20. The van der Waals surface area contributed by atoms with Gasteiger partial charge >= 0.3 is 0 Å². The van der Waals surface area contributed by atoms with Gasteiger partial charge in [-0.1, -0.05) is 97.6 Å². The van der Waals surface area contributed by atoms with Crippen LogP contribution in [0.3, 0.4) is 0 Å². The molecule has 3 aromatic carbocycles. The lowest BCUT2D eigenvalue weighted by atomic mass is 9.91. The van der Waals surface area contributed by atoms with E-state index in [-0.39, 0.29) is 18.4 Å². The number of anilines is 1. The zero-order valence-corrected chi connectivity index (χ0v) is 22.6. The minimum atomic E-state index is -1.04. The van der Waals surface area contributed by atoms with Crippen molar-refractivity contribution in [3.63, 3.8) is 0 Å². The third-order valence-electron chi connectivity index (χ3n) is 6.43. The average Bonchev–Trinajstić information content (AvgIpc) is 3.38. The minimum Gasteiger partial charge on any atom is -0.374 e. The lowest BCUT2D eigenvalue weighted by molar-refractivity contribution is -0.126. The standard InChI is InChI=1S/C32H37N5O2/c1-24(29(36-31(38)32(2,3)33)22-39-21-25-13-7-4-8-14-25)35-30-20-37(23-34-30)19-28(26-15-9-5-10-16-26)27-17-11-6-12-18-27/h4-18,20,23,28-29,35H,1,19,21-22,33H2,2-3H3,(H,36,38). The van der Waals surface area contributed by atoms with E-state index in [1.54, 1.807) is 20.2 Å². The third-order valence-corrected chi connectivity index (χ3v) is 6.43. The predicted molar refractivity (Wildman–Crippen MR) is 156 cm³/mol. The molecule has 0 radical (unpaired) electrons. The van der Waals surface area contributed by atoms with E-state index in [9.17, 15) is 4.79 Å². The number of hydrogen-bond acceptors (Lipinski definition) is 5. The Morgan fingerprint density at radius 1 is 0.974 bits per heavy atom. The molecule has 0 saturated carbocycles. The summed E-state index contributed by atoms with van der Waals surface area (Å²) in [5, 5.41) is 6.22. The second kappa shape index (κ2) is 13.0. The molecule has 0 spiro atoms. The fourth-order valence-corrected chi connectivity index (χ4v) is 4.20. The van der Waals surface area contributed by atoms with E-state index >= 15 is 0 Å². The highest BCUT2D eigenvalue weighted by Gasteiger charge is 2.26. The maximum Gasteiger partial charge on any atom is 0.240 e. The summed E-state index contributed by atoms with van der Waals surface area (Å²) in [7, 11) is 0. The molecule has 1 atom stereocenters. The highest BCUT2D eigenvalue weighted by Crippen LogP contribution is 2.27. The highest BCUT2D eigenvalue weighted by molar-refractivity contribution is 5.85. The van der Waals surface area contributed by atoms with Gasteiger partial charge in [0.15, 0.2) is 0 Å². The van der Waals surface area contributed by atoms with Gasteiger partial charge in [-0.25, -0.2) is 4.98 Å². The summed E-state index contributed by atoms with van der Waals surface area (Å²) >= 11 is 0. The Morgan fingerprint density at radius 3 is 2.10 bits per heavy atom. The summed E-state index contributed by atoms with van der Waals surface area (Å²) in [5.74, 6) is 0.509. The molecule has 1 aromatic heterocycles. The van der Waals surface area contributed by atoms with E-state index in [0.29, 0.717) is 18.1 Å². The van der Waals surface area contributed by atoms with Crippen LogP contribution in [0.25, 0.3) is 0 Å². The molecular formula is C32H37N5O2. The molecule has 0 aliphatic rings. The van der Waals surface area contributed by atoms with Crippen molar-refractivity contribution >= 4 is 11.7 Å². The number of hydrogen-bond donors (Lipinski definition) is 3. The molecule has 0 fully saturated rings. The Labute approximate surface area is 230 Å². The lowest BCUT2D eigenvalue weighted by Gasteiger charge is -2.26. The number of aromatic nitrogens is 2. The molecular weight excluding hydrogens is 486 g/mol. The topological polar surface area (TPSA) is 94.2 Å². The van der Waals surface area contributed by atoms with Crippen LogP contribution < -0.4 is 16.4 Å².